The molecule has 1 atom stereocenters. The Labute approximate surface area is 143 Å². The molecule has 1 aliphatic heterocycles. The van der Waals surface area contributed by atoms with Crippen LogP contribution in [0.4, 0.5) is 5.82 Å². The first kappa shape index (κ1) is 16.3. The highest BCUT2D eigenvalue weighted by atomic mass is 32.1. The van der Waals surface area contributed by atoms with Crippen molar-refractivity contribution >= 4 is 29.0 Å². The second-order valence-corrected chi connectivity index (χ2v) is 6.71. The number of primary amides is 1. The molecular weight excluding hydrogens is 328 g/mol. The number of thiazole rings is 1. The van der Waals surface area contributed by atoms with Gasteiger partial charge in [0.05, 0.1) is 12.4 Å². The maximum absolute atomic E-state index is 11.7. The van der Waals surface area contributed by atoms with Crippen molar-refractivity contribution < 1.29 is 9.59 Å². The monoisotopic (exact) mass is 346 g/mol. The molecule has 0 aromatic carbocycles. The number of anilines is 1. The average molecular weight is 346 g/mol. The van der Waals surface area contributed by atoms with E-state index in [1.807, 2.05) is 17.2 Å². The van der Waals surface area contributed by atoms with Gasteiger partial charge in [-0.2, -0.15) is 0 Å². The zero-order chi connectivity index (χ0) is 17.3. The van der Waals surface area contributed by atoms with Gasteiger partial charge in [-0.25, -0.2) is 9.97 Å². The van der Waals surface area contributed by atoms with Crippen molar-refractivity contribution in [2.45, 2.75) is 25.8 Å². The van der Waals surface area contributed by atoms with Crippen molar-refractivity contribution in [1.29, 1.82) is 0 Å². The molecular formula is C15H18N6O2S. The Morgan fingerprint density at radius 2 is 2.17 bits per heavy atom. The number of carbonyl (C=O) groups excluding carboxylic acids is 2. The fraction of sp³-hybridized carbons (Fsp3) is 0.400. The van der Waals surface area contributed by atoms with Gasteiger partial charge in [0.25, 0.3) is 5.91 Å². The van der Waals surface area contributed by atoms with Gasteiger partial charge in [0.2, 0.25) is 5.91 Å². The lowest BCUT2D eigenvalue weighted by molar-refractivity contribution is -0.120. The number of rotatable bonds is 4. The molecule has 1 aliphatic rings. The molecule has 3 rings (SSSR count). The molecule has 0 saturated carbocycles. The summed E-state index contributed by atoms with van der Waals surface area (Å²) in [4.78, 5) is 37.9. The van der Waals surface area contributed by atoms with Crippen LogP contribution in [0, 0.1) is 6.92 Å². The van der Waals surface area contributed by atoms with E-state index in [0.29, 0.717) is 25.3 Å². The number of hydrogen-bond donors (Lipinski definition) is 2. The standard InChI is InChI=1S/C15H18N6O2S/c1-9-7-24-14(18-9)15(20-10(2)22)3-4-21(8-15)12-6-17-5-11(19-12)13(16)23/h5-7H,3-4,8H2,1-2H3,(H2,16,23)(H,20,22). The predicted molar refractivity (Wildman–Crippen MR) is 89.7 cm³/mol. The number of nitrogens with one attached hydrogen (secondary N) is 1. The van der Waals surface area contributed by atoms with E-state index in [0.717, 1.165) is 10.7 Å². The van der Waals surface area contributed by atoms with E-state index in [4.69, 9.17) is 5.73 Å². The molecule has 1 unspecified atom stereocenters. The summed E-state index contributed by atoms with van der Waals surface area (Å²) in [6.07, 6.45) is 3.62. The highest BCUT2D eigenvalue weighted by Gasteiger charge is 2.43. The molecule has 0 bridgehead atoms. The molecule has 1 saturated heterocycles. The highest BCUT2D eigenvalue weighted by molar-refractivity contribution is 7.09. The topological polar surface area (TPSA) is 114 Å². The lowest BCUT2D eigenvalue weighted by Gasteiger charge is -2.28. The summed E-state index contributed by atoms with van der Waals surface area (Å²) < 4.78 is 0. The van der Waals surface area contributed by atoms with Crippen LogP contribution < -0.4 is 16.0 Å². The number of nitrogens with zero attached hydrogens (tertiary/aromatic N) is 4. The second kappa shape index (κ2) is 6.16. The van der Waals surface area contributed by atoms with E-state index in [1.54, 1.807) is 6.20 Å². The fourth-order valence-electron chi connectivity index (χ4n) is 2.87. The molecule has 0 spiro atoms. The fourth-order valence-corrected chi connectivity index (χ4v) is 3.85. The Morgan fingerprint density at radius 3 is 2.79 bits per heavy atom. The van der Waals surface area contributed by atoms with Crippen molar-refractivity contribution in [1.82, 2.24) is 20.3 Å². The summed E-state index contributed by atoms with van der Waals surface area (Å²) >= 11 is 1.53. The summed E-state index contributed by atoms with van der Waals surface area (Å²) in [7, 11) is 0. The van der Waals surface area contributed by atoms with E-state index in [2.05, 4.69) is 20.3 Å². The average Bonchev–Trinajstić information content (AvgIpc) is 3.14. The van der Waals surface area contributed by atoms with Crippen molar-refractivity contribution in [3.05, 3.63) is 34.2 Å². The van der Waals surface area contributed by atoms with E-state index in [1.165, 1.54) is 24.5 Å². The largest absolute Gasteiger partial charge is 0.364 e. The third kappa shape index (κ3) is 3.07. The molecule has 126 valence electrons. The van der Waals surface area contributed by atoms with Crippen LogP contribution >= 0.6 is 11.3 Å². The minimum atomic E-state index is -0.618. The Balaban J connectivity index is 1.91. The van der Waals surface area contributed by atoms with Crippen LogP contribution in [0.15, 0.2) is 17.8 Å². The van der Waals surface area contributed by atoms with Crippen LogP contribution in [0.3, 0.4) is 0 Å². The van der Waals surface area contributed by atoms with Gasteiger partial charge in [-0.3, -0.25) is 14.6 Å². The summed E-state index contributed by atoms with van der Waals surface area (Å²) in [5.74, 6) is -0.166. The molecule has 2 amide bonds. The predicted octanol–water partition coefficient (Wildman–Crippen LogP) is 0.582. The van der Waals surface area contributed by atoms with E-state index < -0.39 is 11.4 Å². The summed E-state index contributed by atoms with van der Waals surface area (Å²) in [6.45, 7) is 4.60. The first-order valence-electron chi connectivity index (χ1n) is 7.48. The van der Waals surface area contributed by atoms with Crippen molar-refractivity contribution in [2.24, 2.45) is 5.73 Å². The van der Waals surface area contributed by atoms with Crippen LogP contribution in [0.25, 0.3) is 0 Å². The molecule has 3 N–H and O–H groups in total. The quantitative estimate of drug-likeness (QED) is 0.837. The molecule has 9 heteroatoms. The normalized spacial score (nSPS) is 20.2. The van der Waals surface area contributed by atoms with Crippen LogP contribution in [-0.2, 0) is 10.3 Å². The van der Waals surface area contributed by atoms with Gasteiger partial charge in [0.1, 0.15) is 22.1 Å². The number of aromatic nitrogens is 3. The summed E-state index contributed by atoms with van der Waals surface area (Å²) in [5.41, 5.74) is 5.75. The van der Waals surface area contributed by atoms with E-state index in [-0.39, 0.29) is 11.6 Å². The SMILES string of the molecule is CC(=O)NC1(c2nc(C)cs2)CCN(c2cncc(C(N)=O)n2)C1. The number of aryl methyl sites for hydroxylation is 1. The lowest BCUT2D eigenvalue weighted by Crippen LogP contribution is -2.47. The third-order valence-corrected chi connectivity index (χ3v) is 5.08. The number of hydrogen-bond acceptors (Lipinski definition) is 7. The molecule has 8 nitrogen and oxygen atoms in total. The van der Waals surface area contributed by atoms with Crippen LogP contribution in [0.5, 0.6) is 0 Å². The highest BCUT2D eigenvalue weighted by Crippen LogP contribution is 2.35. The van der Waals surface area contributed by atoms with Gasteiger partial charge < -0.3 is 16.0 Å². The van der Waals surface area contributed by atoms with Gasteiger partial charge in [-0.05, 0) is 13.3 Å². The van der Waals surface area contributed by atoms with Gasteiger partial charge in [0.15, 0.2) is 0 Å². The number of amides is 2. The summed E-state index contributed by atoms with van der Waals surface area (Å²) in [5, 5.41) is 5.89. The lowest BCUT2D eigenvalue weighted by atomic mass is 9.99. The van der Waals surface area contributed by atoms with Crippen molar-refractivity contribution in [3.8, 4) is 0 Å². The Bertz CT molecular complexity index is 792. The number of nitrogens with two attached hydrogens (primary N) is 1. The minimum Gasteiger partial charge on any atom is -0.364 e. The van der Waals surface area contributed by atoms with Crippen LogP contribution in [0.2, 0.25) is 0 Å². The minimum absolute atomic E-state index is 0.110. The molecule has 3 heterocycles. The molecule has 0 aliphatic carbocycles. The maximum Gasteiger partial charge on any atom is 0.268 e. The summed E-state index contributed by atoms with van der Waals surface area (Å²) in [6, 6.07) is 0. The van der Waals surface area contributed by atoms with Crippen molar-refractivity contribution in [2.75, 3.05) is 18.0 Å². The van der Waals surface area contributed by atoms with E-state index >= 15 is 0 Å². The van der Waals surface area contributed by atoms with E-state index in [9.17, 15) is 9.59 Å². The second-order valence-electron chi connectivity index (χ2n) is 5.86. The Morgan fingerprint density at radius 1 is 1.38 bits per heavy atom. The Hall–Kier alpha value is -2.55. The number of carbonyl (C=O) groups is 2. The molecule has 1 fully saturated rings. The maximum atomic E-state index is 11.7. The zero-order valence-corrected chi connectivity index (χ0v) is 14.3. The van der Waals surface area contributed by atoms with Crippen LogP contribution in [-0.4, -0.2) is 39.9 Å². The molecule has 24 heavy (non-hydrogen) atoms. The van der Waals surface area contributed by atoms with Crippen LogP contribution in [0.1, 0.15) is 34.5 Å². The zero-order valence-electron chi connectivity index (χ0n) is 13.4. The molecule has 2 aromatic heterocycles. The Kier molecular flexibility index (Phi) is 4.18. The first-order chi connectivity index (χ1) is 11.4. The van der Waals surface area contributed by atoms with Crippen molar-refractivity contribution in [3.63, 3.8) is 0 Å². The molecule has 2 aromatic rings. The third-order valence-electron chi connectivity index (χ3n) is 3.91. The smallest absolute Gasteiger partial charge is 0.268 e. The van der Waals surface area contributed by atoms with Gasteiger partial charge in [0, 0.05) is 31.1 Å². The van der Waals surface area contributed by atoms with Gasteiger partial charge in [-0.15, -0.1) is 11.3 Å². The first-order valence-corrected chi connectivity index (χ1v) is 8.36. The van der Waals surface area contributed by atoms with Gasteiger partial charge in [-0.1, -0.05) is 0 Å². The molecule has 0 radical (unpaired) electrons. The van der Waals surface area contributed by atoms with Gasteiger partial charge >= 0.3 is 0 Å².